The molecule has 1 amide bonds. The molecular weight excluding hydrogens is 256 g/mol. The highest BCUT2D eigenvalue weighted by atomic mass is 19.3. The van der Waals surface area contributed by atoms with Crippen molar-refractivity contribution < 1.29 is 39.5 Å². The molecule has 0 aliphatic carbocycles. The fourth-order valence-electron chi connectivity index (χ4n) is 0.856. The van der Waals surface area contributed by atoms with Crippen molar-refractivity contribution in [3.05, 3.63) is 0 Å². The van der Waals surface area contributed by atoms with Gasteiger partial charge in [0.15, 0.2) is 6.29 Å². The molecule has 0 aromatic rings. The van der Waals surface area contributed by atoms with Gasteiger partial charge in [-0.2, -0.15) is 8.78 Å². The van der Waals surface area contributed by atoms with E-state index in [1.807, 2.05) is 5.32 Å². The van der Waals surface area contributed by atoms with Crippen molar-refractivity contribution in [1.82, 2.24) is 5.32 Å². The molecule has 0 saturated carbocycles. The molecule has 0 atom stereocenters. The number of aliphatic hydroxyl groups excluding tert-OH is 1. The summed E-state index contributed by atoms with van der Waals surface area (Å²) >= 11 is 0. The first-order chi connectivity index (χ1) is 8.41. The lowest BCUT2D eigenvalue weighted by Gasteiger charge is -2.13. The molecule has 0 unspecified atom stereocenters. The van der Waals surface area contributed by atoms with Crippen LogP contribution in [0.5, 0.6) is 0 Å². The van der Waals surface area contributed by atoms with Crippen LogP contribution in [0, 0.1) is 0 Å². The van der Waals surface area contributed by atoms with Crippen LogP contribution in [-0.4, -0.2) is 61.7 Å². The number of hydrogen-bond donors (Lipinski definition) is 3. The first-order valence-corrected chi connectivity index (χ1v) is 4.83. The SMILES string of the molecule is CC(F)(F)C(=O)NCC1OCCO1.CO.O=CO.[HH]. The lowest BCUT2D eigenvalue weighted by Crippen LogP contribution is -2.41. The Kier molecular flexibility index (Phi) is 11.4. The molecule has 1 aliphatic heterocycles. The van der Waals surface area contributed by atoms with Crippen molar-refractivity contribution in [2.24, 2.45) is 0 Å². The largest absolute Gasteiger partial charge is 0.483 e. The number of carbonyl (C=O) groups is 2. The molecule has 1 aliphatic rings. The second-order valence-electron chi connectivity index (χ2n) is 2.87. The van der Waals surface area contributed by atoms with Gasteiger partial charge in [0.05, 0.1) is 19.8 Å². The van der Waals surface area contributed by atoms with E-state index in [9.17, 15) is 13.6 Å². The van der Waals surface area contributed by atoms with E-state index in [1.165, 1.54) is 0 Å². The summed E-state index contributed by atoms with van der Waals surface area (Å²) in [5.74, 6) is -4.66. The van der Waals surface area contributed by atoms with Gasteiger partial charge < -0.3 is 25.0 Å². The van der Waals surface area contributed by atoms with Gasteiger partial charge >= 0.3 is 5.92 Å². The fraction of sp³-hybridized carbons (Fsp3) is 0.778. The maximum Gasteiger partial charge on any atom is 0.321 e. The number of carbonyl (C=O) groups excluding carboxylic acids is 1. The smallest absolute Gasteiger partial charge is 0.321 e. The van der Waals surface area contributed by atoms with Gasteiger partial charge in [0.1, 0.15) is 0 Å². The van der Waals surface area contributed by atoms with Crippen LogP contribution in [0.25, 0.3) is 0 Å². The molecule has 0 aromatic heterocycles. The summed E-state index contributed by atoms with van der Waals surface area (Å²) in [6.45, 7) is 1.12. The van der Waals surface area contributed by atoms with E-state index in [0.29, 0.717) is 20.1 Å². The minimum Gasteiger partial charge on any atom is -0.483 e. The second kappa shape index (κ2) is 10.8. The molecule has 0 bridgehead atoms. The number of nitrogens with one attached hydrogen (secondary N) is 1. The Morgan fingerprint density at radius 3 is 2.22 bits per heavy atom. The molecule has 0 radical (unpaired) electrons. The van der Waals surface area contributed by atoms with Crippen LogP contribution in [0.2, 0.25) is 0 Å². The van der Waals surface area contributed by atoms with Crippen molar-refractivity contribution in [3.63, 3.8) is 0 Å². The van der Waals surface area contributed by atoms with Gasteiger partial charge in [-0.05, 0) is 0 Å². The standard InChI is InChI=1S/C7H11F2NO3.CH2O2.CH4O.H2/c1-7(8,9)6(11)10-4-5-12-2-3-13-5;2-1-3;1-2;/h5H,2-4H2,1H3,(H,10,11);1H,(H,2,3);2H,1H3;1H. The zero-order valence-electron chi connectivity index (χ0n) is 10.1. The Morgan fingerprint density at radius 1 is 1.50 bits per heavy atom. The zero-order chi connectivity index (χ0) is 14.6. The van der Waals surface area contributed by atoms with E-state index < -0.39 is 18.1 Å². The Labute approximate surface area is 104 Å². The minimum absolute atomic E-state index is 0. The predicted octanol–water partition coefficient (Wildman–Crippen LogP) is -0.314. The summed E-state index contributed by atoms with van der Waals surface area (Å²) in [7, 11) is 1.00. The first kappa shape index (κ1) is 19.0. The number of halogens is 2. The van der Waals surface area contributed by atoms with Gasteiger partial charge in [0, 0.05) is 15.5 Å². The maximum absolute atomic E-state index is 12.3. The number of rotatable bonds is 3. The van der Waals surface area contributed by atoms with Gasteiger partial charge in [-0.25, -0.2) is 0 Å². The third-order valence-corrected chi connectivity index (χ3v) is 1.52. The van der Waals surface area contributed by atoms with Crippen LogP contribution >= 0.6 is 0 Å². The number of ether oxygens (including phenoxy) is 2. The summed E-state index contributed by atoms with van der Waals surface area (Å²) in [5.41, 5.74) is 0. The Bertz CT molecular complexity index is 233. The molecule has 9 heteroatoms. The Balaban J connectivity index is -0.000000376. The molecule has 1 fully saturated rings. The maximum atomic E-state index is 12.3. The Hall–Kier alpha value is -1.32. The molecule has 1 saturated heterocycles. The molecule has 0 aromatic carbocycles. The van der Waals surface area contributed by atoms with Crippen molar-refractivity contribution in [2.45, 2.75) is 19.1 Å². The average Bonchev–Trinajstić information content (AvgIpc) is 2.81. The number of amides is 1. The van der Waals surface area contributed by atoms with Gasteiger partial charge in [-0.1, -0.05) is 0 Å². The van der Waals surface area contributed by atoms with Gasteiger partial charge in [0.2, 0.25) is 0 Å². The number of aliphatic hydroxyl groups is 1. The summed E-state index contributed by atoms with van der Waals surface area (Å²) in [6.07, 6.45) is -0.591. The molecule has 0 spiro atoms. The van der Waals surface area contributed by atoms with Crippen LogP contribution in [0.4, 0.5) is 8.78 Å². The highest BCUT2D eigenvalue weighted by Gasteiger charge is 2.32. The van der Waals surface area contributed by atoms with E-state index in [0.717, 1.165) is 7.11 Å². The minimum atomic E-state index is -3.35. The molecule has 1 heterocycles. The topological polar surface area (TPSA) is 105 Å². The quantitative estimate of drug-likeness (QED) is 0.610. The van der Waals surface area contributed by atoms with Crippen LogP contribution in [0.1, 0.15) is 8.35 Å². The number of alkyl halides is 2. The molecule has 18 heavy (non-hydrogen) atoms. The second-order valence-corrected chi connectivity index (χ2v) is 2.87. The fourth-order valence-corrected chi connectivity index (χ4v) is 0.856. The normalized spacial score (nSPS) is 14.7. The lowest BCUT2D eigenvalue weighted by atomic mass is 10.3. The van der Waals surface area contributed by atoms with Crippen LogP contribution in [-0.2, 0) is 19.1 Å². The zero-order valence-corrected chi connectivity index (χ0v) is 10.1. The highest BCUT2D eigenvalue weighted by Crippen LogP contribution is 2.11. The van der Waals surface area contributed by atoms with Crippen LogP contribution < -0.4 is 5.32 Å². The molecule has 1 rings (SSSR count). The van der Waals surface area contributed by atoms with Gasteiger partial charge in [0.25, 0.3) is 12.4 Å². The van der Waals surface area contributed by atoms with Crippen molar-refractivity contribution in [3.8, 4) is 0 Å². The van der Waals surface area contributed by atoms with Crippen molar-refractivity contribution >= 4 is 12.4 Å². The van der Waals surface area contributed by atoms with Crippen LogP contribution in [0.15, 0.2) is 0 Å². The van der Waals surface area contributed by atoms with Gasteiger partial charge in [-0.3, -0.25) is 9.59 Å². The van der Waals surface area contributed by atoms with E-state index in [1.54, 1.807) is 0 Å². The van der Waals surface area contributed by atoms with Crippen LogP contribution in [0.3, 0.4) is 0 Å². The average molecular weight is 275 g/mol. The van der Waals surface area contributed by atoms with Crippen molar-refractivity contribution in [2.75, 3.05) is 26.9 Å². The molecule has 7 nitrogen and oxygen atoms in total. The van der Waals surface area contributed by atoms with E-state index in [-0.39, 0.29) is 14.4 Å². The van der Waals surface area contributed by atoms with Crippen molar-refractivity contribution in [1.29, 1.82) is 0 Å². The number of carboxylic acid groups (broad SMARTS) is 1. The summed E-state index contributed by atoms with van der Waals surface area (Å²) < 4.78 is 34.5. The van der Waals surface area contributed by atoms with Gasteiger partial charge in [-0.15, -0.1) is 0 Å². The third kappa shape index (κ3) is 9.87. The third-order valence-electron chi connectivity index (χ3n) is 1.52. The lowest BCUT2D eigenvalue weighted by molar-refractivity contribution is -0.145. The molecule has 3 N–H and O–H groups in total. The summed E-state index contributed by atoms with van der Waals surface area (Å²) in [4.78, 5) is 19.0. The Morgan fingerprint density at radius 2 is 1.89 bits per heavy atom. The predicted molar refractivity (Wildman–Crippen MR) is 58.3 cm³/mol. The summed E-state index contributed by atoms with van der Waals surface area (Å²) in [5, 5.41) is 15.9. The molecule has 110 valence electrons. The highest BCUT2D eigenvalue weighted by molar-refractivity contribution is 5.82. The van der Waals surface area contributed by atoms with E-state index >= 15 is 0 Å². The summed E-state index contributed by atoms with van der Waals surface area (Å²) in [6, 6.07) is 0. The monoisotopic (exact) mass is 275 g/mol. The number of hydrogen-bond acceptors (Lipinski definition) is 5. The molecular formula is C9H19F2NO6. The van der Waals surface area contributed by atoms with E-state index in [2.05, 4.69) is 0 Å². The first-order valence-electron chi connectivity index (χ1n) is 4.83. The van der Waals surface area contributed by atoms with E-state index in [4.69, 9.17) is 24.5 Å².